The Bertz CT molecular complexity index is 953. The molecule has 2 aliphatic rings. The largest absolute Gasteiger partial charge is 0.497 e. The number of nitrogens with one attached hydrogen (secondary N) is 1. The summed E-state index contributed by atoms with van der Waals surface area (Å²) in [5.41, 5.74) is 1.31. The first-order chi connectivity index (χ1) is 15.0. The van der Waals surface area contributed by atoms with Crippen molar-refractivity contribution in [2.75, 3.05) is 17.3 Å². The minimum atomic E-state index is -0.461. The van der Waals surface area contributed by atoms with Gasteiger partial charge in [0.2, 0.25) is 17.7 Å². The van der Waals surface area contributed by atoms with Gasteiger partial charge in [-0.2, -0.15) is 0 Å². The SMILES string of the molecule is COc1ccc(N2C(=O)C[C@@H](Sc3ccc(NC(=O)C4CCCCC4)cc3)C2=O)cc1. The van der Waals surface area contributed by atoms with E-state index < -0.39 is 5.25 Å². The number of carbonyl (C=O) groups excluding carboxylic acids is 3. The van der Waals surface area contributed by atoms with E-state index in [0.717, 1.165) is 36.3 Å². The molecule has 1 aliphatic carbocycles. The quantitative estimate of drug-likeness (QED) is 0.665. The van der Waals surface area contributed by atoms with Gasteiger partial charge in [0.25, 0.3) is 0 Å². The van der Waals surface area contributed by atoms with Gasteiger partial charge in [-0.3, -0.25) is 14.4 Å². The molecular weight excluding hydrogens is 412 g/mol. The highest BCUT2D eigenvalue weighted by Crippen LogP contribution is 2.35. The summed E-state index contributed by atoms with van der Waals surface area (Å²) in [5.74, 6) is 0.448. The number of nitrogens with zero attached hydrogens (tertiary/aromatic N) is 1. The maximum absolute atomic E-state index is 12.9. The molecule has 1 aliphatic heterocycles. The third-order valence-electron chi connectivity index (χ3n) is 5.81. The number of rotatable bonds is 6. The van der Waals surface area contributed by atoms with E-state index in [2.05, 4.69) is 5.32 Å². The lowest BCUT2D eigenvalue weighted by Crippen LogP contribution is -2.31. The summed E-state index contributed by atoms with van der Waals surface area (Å²) in [4.78, 5) is 39.9. The van der Waals surface area contributed by atoms with Crippen molar-refractivity contribution in [1.29, 1.82) is 0 Å². The molecule has 2 fully saturated rings. The maximum atomic E-state index is 12.9. The molecule has 0 aromatic heterocycles. The smallest absolute Gasteiger partial charge is 0.247 e. The molecule has 1 atom stereocenters. The van der Waals surface area contributed by atoms with Crippen molar-refractivity contribution in [1.82, 2.24) is 0 Å². The summed E-state index contributed by atoms with van der Waals surface area (Å²) >= 11 is 1.38. The molecule has 3 amide bonds. The number of methoxy groups -OCH3 is 1. The van der Waals surface area contributed by atoms with Crippen molar-refractivity contribution in [2.45, 2.75) is 48.7 Å². The van der Waals surface area contributed by atoms with Crippen molar-refractivity contribution in [3.05, 3.63) is 48.5 Å². The highest BCUT2D eigenvalue weighted by molar-refractivity contribution is 8.00. The Hall–Kier alpha value is -2.80. The molecule has 0 unspecified atom stereocenters. The number of amides is 3. The van der Waals surface area contributed by atoms with Crippen LogP contribution in [0.2, 0.25) is 0 Å². The molecule has 6 nitrogen and oxygen atoms in total. The lowest BCUT2D eigenvalue weighted by molar-refractivity contribution is -0.122. The minimum Gasteiger partial charge on any atom is -0.497 e. The van der Waals surface area contributed by atoms with Crippen LogP contribution < -0.4 is 15.0 Å². The van der Waals surface area contributed by atoms with Crippen LogP contribution in [-0.4, -0.2) is 30.1 Å². The van der Waals surface area contributed by atoms with Gasteiger partial charge >= 0.3 is 0 Å². The first kappa shape index (κ1) is 21.4. The lowest BCUT2D eigenvalue weighted by Gasteiger charge is -2.20. The Morgan fingerprint density at radius 2 is 1.68 bits per heavy atom. The van der Waals surface area contributed by atoms with Gasteiger partial charge in [0.15, 0.2) is 0 Å². The van der Waals surface area contributed by atoms with Crippen LogP contribution >= 0.6 is 11.8 Å². The fourth-order valence-electron chi connectivity index (χ4n) is 4.09. The molecule has 1 saturated carbocycles. The Balaban J connectivity index is 1.37. The van der Waals surface area contributed by atoms with E-state index in [-0.39, 0.29) is 30.1 Å². The average molecular weight is 439 g/mol. The van der Waals surface area contributed by atoms with Crippen LogP contribution in [-0.2, 0) is 14.4 Å². The molecule has 162 valence electrons. The third kappa shape index (κ3) is 4.93. The van der Waals surface area contributed by atoms with Gasteiger partial charge in [-0.05, 0) is 61.4 Å². The van der Waals surface area contributed by atoms with Crippen LogP contribution in [0.15, 0.2) is 53.4 Å². The third-order valence-corrected chi connectivity index (χ3v) is 7.01. The van der Waals surface area contributed by atoms with Crippen molar-refractivity contribution < 1.29 is 19.1 Å². The first-order valence-electron chi connectivity index (χ1n) is 10.6. The zero-order valence-electron chi connectivity index (χ0n) is 17.5. The molecule has 0 radical (unpaired) electrons. The van der Waals surface area contributed by atoms with E-state index in [4.69, 9.17) is 4.74 Å². The predicted molar refractivity (Wildman–Crippen MR) is 121 cm³/mol. The lowest BCUT2D eigenvalue weighted by atomic mass is 9.88. The molecule has 1 N–H and O–H groups in total. The Labute approximate surface area is 186 Å². The summed E-state index contributed by atoms with van der Waals surface area (Å²) in [6.07, 6.45) is 5.54. The van der Waals surface area contributed by atoms with Crippen LogP contribution in [0.3, 0.4) is 0 Å². The summed E-state index contributed by atoms with van der Waals surface area (Å²) in [6, 6.07) is 14.4. The number of imide groups is 1. The molecule has 1 heterocycles. The minimum absolute atomic E-state index is 0.0896. The van der Waals surface area contributed by atoms with Crippen molar-refractivity contribution in [2.24, 2.45) is 5.92 Å². The Morgan fingerprint density at radius 3 is 2.32 bits per heavy atom. The second-order valence-corrected chi connectivity index (χ2v) is 9.20. The molecule has 1 saturated heterocycles. The van der Waals surface area contributed by atoms with E-state index in [1.54, 1.807) is 31.4 Å². The van der Waals surface area contributed by atoms with Gasteiger partial charge in [-0.1, -0.05) is 19.3 Å². The van der Waals surface area contributed by atoms with Gasteiger partial charge < -0.3 is 10.1 Å². The number of carbonyl (C=O) groups is 3. The zero-order valence-corrected chi connectivity index (χ0v) is 18.3. The second kappa shape index (κ2) is 9.56. The molecule has 4 rings (SSSR count). The molecular formula is C24H26N2O4S. The first-order valence-corrected chi connectivity index (χ1v) is 11.5. The van der Waals surface area contributed by atoms with Gasteiger partial charge in [-0.15, -0.1) is 11.8 Å². The van der Waals surface area contributed by atoms with Crippen molar-refractivity contribution >= 4 is 40.9 Å². The molecule has 2 aromatic carbocycles. The second-order valence-electron chi connectivity index (χ2n) is 7.92. The molecule has 0 spiro atoms. The van der Waals surface area contributed by atoms with E-state index >= 15 is 0 Å². The molecule has 31 heavy (non-hydrogen) atoms. The van der Waals surface area contributed by atoms with Crippen LogP contribution in [0.1, 0.15) is 38.5 Å². The van der Waals surface area contributed by atoms with E-state index in [0.29, 0.717) is 11.4 Å². The number of hydrogen-bond donors (Lipinski definition) is 1. The fraction of sp³-hybridized carbons (Fsp3) is 0.375. The van der Waals surface area contributed by atoms with E-state index in [1.165, 1.54) is 23.1 Å². The maximum Gasteiger partial charge on any atom is 0.247 e. The highest BCUT2D eigenvalue weighted by atomic mass is 32.2. The fourth-order valence-corrected chi connectivity index (χ4v) is 5.14. The standard InChI is InChI=1S/C24H26N2O4S/c1-30-19-11-9-18(10-12-19)26-22(27)15-21(24(26)29)31-20-13-7-17(8-14-20)25-23(28)16-5-3-2-4-6-16/h7-14,16,21H,2-6,15H2,1H3,(H,25,28)/t21-/m1/s1. The van der Waals surface area contributed by atoms with Crippen LogP contribution in [0.5, 0.6) is 5.75 Å². The van der Waals surface area contributed by atoms with Crippen LogP contribution in [0, 0.1) is 5.92 Å². The summed E-state index contributed by atoms with van der Waals surface area (Å²) in [6.45, 7) is 0. The summed E-state index contributed by atoms with van der Waals surface area (Å²) in [5, 5.41) is 2.54. The Morgan fingerprint density at radius 1 is 1.00 bits per heavy atom. The van der Waals surface area contributed by atoms with Gasteiger partial charge in [0, 0.05) is 22.9 Å². The monoisotopic (exact) mass is 438 g/mol. The predicted octanol–water partition coefficient (Wildman–Crippen LogP) is 4.64. The van der Waals surface area contributed by atoms with Gasteiger partial charge in [-0.25, -0.2) is 4.90 Å². The topological polar surface area (TPSA) is 75.7 Å². The van der Waals surface area contributed by atoms with E-state index in [9.17, 15) is 14.4 Å². The highest BCUT2D eigenvalue weighted by Gasteiger charge is 2.40. The normalized spacial score (nSPS) is 19.5. The molecule has 0 bridgehead atoms. The zero-order chi connectivity index (χ0) is 21.8. The van der Waals surface area contributed by atoms with Crippen LogP contribution in [0.4, 0.5) is 11.4 Å². The molecule has 2 aromatic rings. The number of hydrogen-bond acceptors (Lipinski definition) is 5. The number of ether oxygens (including phenoxy) is 1. The van der Waals surface area contributed by atoms with Crippen LogP contribution in [0.25, 0.3) is 0 Å². The number of thioether (sulfide) groups is 1. The van der Waals surface area contributed by atoms with Crippen molar-refractivity contribution in [3.63, 3.8) is 0 Å². The van der Waals surface area contributed by atoms with Gasteiger partial charge in [0.1, 0.15) is 5.75 Å². The van der Waals surface area contributed by atoms with Crippen molar-refractivity contribution in [3.8, 4) is 5.75 Å². The number of anilines is 2. The summed E-state index contributed by atoms with van der Waals surface area (Å²) in [7, 11) is 1.57. The Kier molecular flexibility index (Phi) is 6.61. The molecule has 7 heteroatoms. The number of benzene rings is 2. The van der Waals surface area contributed by atoms with Gasteiger partial charge in [0.05, 0.1) is 18.0 Å². The average Bonchev–Trinajstić information content (AvgIpc) is 3.08. The summed E-state index contributed by atoms with van der Waals surface area (Å²) < 4.78 is 5.13. The van der Waals surface area contributed by atoms with E-state index in [1.807, 2.05) is 24.3 Å².